The molecule has 0 saturated heterocycles. The summed E-state index contributed by atoms with van der Waals surface area (Å²) in [6.07, 6.45) is -0.0771. The van der Waals surface area contributed by atoms with Crippen LogP contribution in [0.15, 0.2) is 48.5 Å². The second kappa shape index (κ2) is 12.0. The number of hydrogen-bond donors (Lipinski definition) is 0. The van der Waals surface area contributed by atoms with Crippen LogP contribution in [0.5, 0.6) is 0 Å². The van der Waals surface area contributed by atoms with Gasteiger partial charge in [0, 0.05) is 13.0 Å². The minimum Gasteiger partial charge on any atom is -0.381 e. The number of hydrogen-bond acceptors (Lipinski definition) is 7. The molecule has 0 fully saturated rings. The summed E-state index contributed by atoms with van der Waals surface area (Å²) in [6, 6.07) is 13.9. The molecule has 0 spiro atoms. The highest BCUT2D eigenvalue weighted by Crippen LogP contribution is 2.13. The van der Waals surface area contributed by atoms with E-state index in [-0.39, 0.29) is 13.0 Å². The van der Waals surface area contributed by atoms with E-state index in [2.05, 4.69) is 0 Å². The first kappa shape index (κ1) is 22.5. The van der Waals surface area contributed by atoms with Gasteiger partial charge in [-0.25, -0.2) is 9.59 Å². The van der Waals surface area contributed by atoms with Crippen molar-refractivity contribution in [1.29, 1.82) is 0 Å². The molecule has 0 aliphatic carbocycles. The van der Waals surface area contributed by atoms with Gasteiger partial charge in [0.2, 0.25) is 6.29 Å². The standard InChI is InChI=1S/C22H26O7/c1-4-14-25-15-13-20(26-28-21(23)18-11-7-5-9-16(18)2)27-29-22(24)19-12-8-6-10-17(19)3/h5-12,20H,4,13-15H2,1-3H3. The summed E-state index contributed by atoms with van der Waals surface area (Å²) in [5.74, 6) is -1.34. The molecule has 2 rings (SSSR count). The lowest BCUT2D eigenvalue weighted by atomic mass is 10.1. The quantitative estimate of drug-likeness (QED) is 0.240. The minimum atomic E-state index is -1.13. The van der Waals surface area contributed by atoms with Crippen LogP contribution < -0.4 is 0 Å². The number of carbonyl (C=O) groups excluding carboxylic acids is 2. The Morgan fingerprint density at radius 2 is 1.28 bits per heavy atom. The molecule has 0 amide bonds. The first-order valence-corrected chi connectivity index (χ1v) is 9.47. The van der Waals surface area contributed by atoms with Gasteiger partial charge in [-0.3, -0.25) is 9.78 Å². The molecule has 2 aromatic rings. The molecule has 0 saturated carbocycles. The summed E-state index contributed by atoms with van der Waals surface area (Å²) >= 11 is 0. The van der Waals surface area contributed by atoms with Gasteiger partial charge in [0.25, 0.3) is 0 Å². The highest BCUT2D eigenvalue weighted by atomic mass is 17.3. The van der Waals surface area contributed by atoms with E-state index >= 15 is 0 Å². The number of benzene rings is 2. The van der Waals surface area contributed by atoms with Gasteiger partial charge in [0.05, 0.1) is 17.7 Å². The van der Waals surface area contributed by atoms with E-state index in [9.17, 15) is 9.59 Å². The van der Waals surface area contributed by atoms with Gasteiger partial charge in [-0.2, -0.15) is 0 Å². The molecular formula is C22H26O7. The van der Waals surface area contributed by atoms with Crippen LogP contribution in [0.3, 0.4) is 0 Å². The van der Waals surface area contributed by atoms with Crippen molar-refractivity contribution in [3.8, 4) is 0 Å². The molecule has 0 aliphatic rings. The van der Waals surface area contributed by atoms with Crippen molar-refractivity contribution in [2.24, 2.45) is 0 Å². The predicted molar refractivity (Wildman–Crippen MR) is 105 cm³/mol. The minimum absolute atomic E-state index is 0.197. The normalized spacial score (nSPS) is 10.8. The first-order valence-electron chi connectivity index (χ1n) is 9.47. The van der Waals surface area contributed by atoms with Gasteiger partial charge in [-0.15, -0.1) is 9.78 Å². The molecular weight excluding hydrogens is 376 g/mol. The maximum atomic E-state index is 12.2. The average Bonchev–Trinajstić information content (AvgIpc) is 2.72. The van der Waals surface area contributed by atoms with E-state index in [1.165, 1.54) is 0 Å². The molecule has 156 valence electrons. The lowest BCUT2D eigenvalue weighted by Gasteiger charge is -2.16. The largest absolute Gasteiger partial charge is 0.381 e. The van der Waals surface area contributed by atoms with Crippen molar-refractivity contribution in [2.45, 2.75) is 39.9 Å². The van der Waals surface area contributed by atoms with E-state index < -0.39 is 18.2 Å². The van der Waals surface area contributed by atoms with E-state index in [1.807, 2.05) is 19.1 Å². The molecule has 7 heteroatoms. The van der Waals surface area contributed by atoms with Gasteiger partial charge < -0.3 is 4.74 Å². The van der Waals surface area contributed by atoms with Crippen LogP contribution in [0.4, 0.5) is 0 Å². The van der Waals surface area contributed by atoms with Crippen LogP contribution in [0, 0.1) is 13.8 Å². The third kappa shape index (κ3) is 7.30. The van der Waals surface area contributed by atoms with E-state index in [4.69, 9.17) is 24.3 Å². The molecule has 2 aromatic carbocycles. The average molecular weight is 402 g/mol. The molecule has 29 heavy (non-hydrogen) atoms. The topological polar surface area (TPSA) is 80.3 Å². The zero-order valence-electron chi connectivity index (χ0n) is 16.9. The molecule has 0 heterocycles. The molecule has 0 bridgehead atoms. The lowest BCUT2D eigenvalue weighted by molar-refractivity contribution is -0.422. The van der Waals surface area contributed by atoms with Crippen LogP contribution in [-0.2, 0) is 24.3 Å². The Bertz CT molecular complexity index is 742. The molecule has 7 nitrogen and oxygen atoms in total. The Kier molecular flexibility index (Phi) is 9.30. The third-order valence-electron chi connectivity index (χ3n) is 4.04. The van der Waals surface area contributed by atoms with Crippen molar-refractivity contribution in [1.82, 2.24) is 0 Å². The van der Waals surface area contributed by atoms with Gasteiger partial charge in [0.1, 0.15) is 0 Å². The van der Waals surface area contributed by atoms with Crippen LogP contribution in [0.25, 0.3) is 0 Å². The molecule has 0 radical (unpaired) electrons. The maximum Gasteiger partial charge on any atom is 0.373 e. The Balaban J connectivity index is 1.93. The molecule has 0 N–H and O–H groups in total. The fourth-order valence-electron chi connectivity index (χ4n) is 2.43. The summed E-state index contributed by atoms with van der Waals surface area (Å²) in [6.45, 7) is 6.40. The third-order valence-corrected chi connectivity index (χ3v) is 4.04. The highest BCUT2D eigenvalue weighted by Gasteiger charge is 2.20. The fourth-order valence-corrected chi connectivity index (χ4v) is 2.43. The van der Waals surface area contributed by atoms with Gasteiger partial charge >= 0.3 is 11.9 Å². The van der Waals surface area contributed by atoms with Crippen LogP contribution in [-0.4, -0.2) is 31.4 Å². The zero-order chi connectivity index (χ0) is 21.1. The zero-order valence-corrected chi connectivity index (χ0v) is 16.9. The number of aryl methyl sites for hydroxylation is 2. The van der Waals surface area contributed by atoms with Gasteiger partial charge in [-0.05, 0) is 43.5 Å². The second-order valence-electron chi connectivity index (χ2n) is 6.39. The van der Waals surface area contributed by atoms with Crippen molar-refractivity contribution >= 4 is 11.9 Å². The van der Waals surface area contributed by atoms with Crippen LogP contribution in [0.1, 0.15) is 51.6 Å². The lowest BCUT2D eigenvalue weighted by Crippen LogP contribution is -2.24. The Labute approximate surface area is 170 Å². The maximum absolute atomic E-state index is 12.2. The molecule has 0 unspecified atom stereocenters. The molecule has 0 atom stereocenters. The Hall–Kier alpha value is -2.74. The summed E-state index contributed by atoms with van der Waals surface area (Å²) in [5.41, 5.74) is 2.22. The summed E-state index contributed by atoms with van der Waals surface area (Å²) < 4.78 is 5.39. The van der Waals surface area contributed by atoms with E-state index in [0.717, 1.165) is 17.5 Å². The van der Waals surface area contributed by atoms with E-state index in [1.54, 1.807) is 50.2 Å². The molecule has 0 aliphatic heterocycles. The smallest absolute Gasteiger partial charge is 0.373 e. The highest BCUT2D eigenvalue weighted by molar-refractivity contribution is 5.91. The van der Waals surface area contributed by atoms with Crippen molar-refractivity contribution < 1.29 is 33.9 Å². The molecule has 0 aromatic heterocycles. The fraction of sp³-hybridized carbons (Fsp3) is 0.364. The first-order chi connectivity index (χ1) is 14.0. The SMILES string of the molecule is CCCOCCC(OOC(=O)c1ccccc1C)OOC(=O)c1ccccc1C. The summed E-state index contributed by atoms with van der Waals surface area (Å²) in [5, 5.41) is 0. The predicted octanol–water partition coefficient (Wildman–Crippen LogP) is 4.32. The van der Waals surface area contributed by atoms with Crippen molar-refractivity contribution in [2.75, 3.05) is 13.2 Å². The van der Waals surface area contributed by atoms with Crippen LogP contribution in [0.2, 0.25) is 0 Å². The van der Waals surface area contributed by atoms with Crippen molar-refractivity contribution in [3.63, 3.8) is 0 Å². The summed E-state index contributed by atoms with van der Waals surface area (Å²) in [7, 11) is 0. The summed E-state index contributed by atoms with van der Waals surface area (Å²) in [4.78, 5) is 44.3. The number of carbonyl (C=O) groups is 2. The van der Waals surface area contributed by atoms with E-state index in [0.29, 0.717) is 17.7 Å². The Morgan fingerprint density at radius 3 is 1.72 bits per heavy atom. The van der Waals surface area contributed by atoms with Gasteiger partial charge in [0.15, 0.2) is 0 Å². The second-order valence-corrected chi connectivity index (χ2v) is 6.39. The van der Waals surface area contributed by atoms with Crippen molar-refractivity contribution in [3.05, 3.63) is 70.8 Å². The van der Waals surface area contributed by atoms with Crippen LogP contribution >= 0.6 is 0 Å². The number of ether oxygens (including phenoxy) is 1. The number of rotatable bonds is 11. The Morgan fingerprint density at radius 1 is 0.793 bits per heavy atom. The van der Waals surface area contributed by atoms with Gasteiger partial charge in [-0.1, -0.05) is 43.3 Å². The monoisotopic (exact) mass is 402 g/mol.